The number of nitrogens with one attached hydrogen (secondary N) is 2. The lowest BCUT2D eigenvalue weighted by Crippen LogP contribution is -2.28. The smallest absolute Gasteiger partial charge is 0.422 e. The first-order valence-electron chi connectivity index (χ1n) is 8.25. The van der Waals surface area contributed by atoms with E-state index in [1.54, 1.807) is 6.07 Å². The molecule has 1 aliphatic rings. The molecule has 1 saturated heterocycles. The zero-order chi connectivity index (χ0) is 18.3. The minimum absolute atomic E-state index is 0. The second-order valence-corrected chi connectivity index (χ2v) is 6.05. The maximum Gasteiger partial charge on any atom is 0.422 e. The number of hydrogen-bond donors (Lipinski definition) is 2. The summed E-state index contributed by atoms with van der Waals surface area (Å²) in [6, 6.07) is 4.38. The normalized spacial score (nSPS) is 15.1. The molecule has 0 spiro atoms. The Bertz CT molecular complexity index is 579. The first-order chi connectivity index (χ1) is 11.9. The molecule has 1 fully saturated rings. The van der Waals surface area contributed by atoms with E-state index in [1.165, 1.54) is 19.2 Å². The molecule has 1 amide bonds. The summed E-state index contributed by atoms with van der Waals surface area (Å²) < 4.78 is 46.7. The molecule has 0 saturated carbocycles. The third kappa shape index (κ3) is 7.70. The Labute approximate surface area is 157 Å². The highest BCUT2D eigenvalue weighted by Crippen LogP contribution is 2.31. The van der Waals surface area contributed by atoms with Crippen LogP contribution in [0, 0.1) is 5.92 Å². The van der Waals surface area contributed by atoms with E-state index in [0.29, 0.717) is 18.0 Å². The molecule has 9 heteroatoms. The molecular weight excluding hydrogens is 373 g/mol. The molecule has 0 aromatic heterocycles. The van der Waals surface area contributed by atoms with E-state index < -0.39 is 12.8 Å². The van der Waals surface area contributed by atoms with Crippen LogP contribution < -0.4 is 20.1 Å². The van der Waals surface area contributed by atoms with Crippen LogP contribution in [0.3, 0.4) is 0 Å². The van der Waals surface area contributed by atoms with Crippen molar-refractivity contribution in [1.82, 2.24) is 5.32 Å². The molecule has 0 bridgehead atoms. The summed E-state index contributed by atoms with van der Waals surface area (Å²) in [7, 11) is 1.34. The highest BCUT2D eigenvalue weighted by Gasteiger charge is 2.29. The molecule has 0 aliphatic carbocycles. The zero-order valence-electron chi connectivity index (χ0n) is 14.5. The van der Waals surface area contributed by atoms with E-state index in [4.69, 9.17) is 9.47 Å². The van der Waals surface area contributed by atoms with Crippen LogP contribution >= 0.6 is 12.4 Å². The average molecular weight is 397 g/mol. The van der Waals surface area contributed by atoms with Gasteiger partial charge in [0.1, 0.15) is 0 Å². The van der Waals surface area contributed by atoms with Crippen LogP contribution in [0.2, 0.25) is 0 Å². The van der Waals surface area contributed by atoms with Crippen molar-refractivity contribution in [3.63, 3.8) is 0 Å². The van der Waals surface area contributed by atoms with Crippen LogP contribution in [-0.2, 0) is 4.79 Å². The fourth-order valence-corrected chi connectivity index (χ4v) is 2.76. The second kappa shape index (κ2) is 10.5. The Kier molecular flexibility index (Phi) is 9.01. The van der Waals surface area contributed by atoms with Gasteiger partial charge in [-0.05, 0) is 50.4 Å². The number of carbonyl (C=O) groups excluding carboxylic acids is 1. The minimum Gasteiger partial charge on any atom is -0.493 e. The molecule has 1 aliphatic heterocycles. The maximum absolute atomic E-state index is 12.3. The molecule has 5 nitrogen and oxygen atoms in total. The van der Waals surface area contributed by atoms with Crippen LogP contribution in [0.5, 0.6) is 11.5 Å². The maximum atomic E-state index is 12.3. The molecule has 2 N–H and O–H groups in total. The van der Waals surface area contributed by atoms with E-state index in [0.717, 1.165) is 32.4 Å². The van der Waals surface area contributed by atoms with Crippen LogP contribution in [0.4, 0.5) is 18.9 Å². The van der Waals surface area contributed by atoms with E-state index >= 15 is 0 Å². The summed E-state index contributed by atoms with van der Waals surface area (Å²) in [5.41, 5.74) is 0.383. The summed E-state index contributed by atoms with van der Waals surface area (Å²) in [6.45, 7) is 0.534. The molecule has 0 unspecified atom stereocenters. The fourth-order valence-electron chi connectivity index (χ4n) is 2.76. The van der Waals surface area contributed by atoms with E-state index in [-0.39, 0.29) is 29.8 Å². The summed E-state index contributed by atoms with van der Waals surface area (Å²) in [4.78, 5) is 12.1. The molecule has 1 heterocycles. The van der Waals surface area contributed by atoms with Gasteiger partial charge in [0.15, 0.2) is 18.1 Å². The van der Waals surface area contributed by atoms with Crippen LogP contribution in [0.1, 0.15) is 25.7 Å². The number of benzene rings is 1. The van der Waals surface area contributed by atoms with Gasteiger partial charge in [0, 0.05) is 18.2 Å². The summed E-state index contributed by atoms with van der Waals surface area (Å²) in [5.74, 6) is 0.493. The molecular formula is C17H24ClF3N2O3. The Morgan fingerprint density at radius 3 is 2.58 bits per heavy atom. The Balaban J connectivity index is 0.00000338. The molecule has 0 radical (unpaired) electrons. The zero-order valence-corrected chi connectivity index (χ0v) is 15.3. The van der Waals surface area contributed by atoms with E-state index in [1.807, 2.05) is 0 Å². The van der Waals surface area contributed by atoms with Gasteiger partial charge in [-0.25, -0.2) is 0 Å². The number of amides is 1. The summed E-state index contributed by atoms with van der Waals surface area (Å²) in [6.07, 6.45) is -1.13. The molecule has 1 aromatic carbocycles. The lowest BCUT2D eigenvalue weighted by Gasteiger charge is -2.22. The largest absolute Gasteiger partial charge is 0.493 e. The lowest BCUT2D eigenvalue weighted by atomic mass is 9.93. The van der Waals surface area contributed by atoms with Crippen molar-refractivity contribution < 1.29 is 27.4 Å². The van der Waals surface area contributed by atoms with Gasteiger partial charge in [-0.2, -0.15) is 13.2 Å². The van der Waals surface area contributed by atoms with Crippen LogP contribution in [0.25, 0.3) is 0 Å². The number of carbonyl (C=O) groups is 1. The standard InChI is InChI=1S/C17H23F3N2O3.ClH/c1-24-14-4-3-13(10-15(14)25-11-17(18,19)20)22-16(23)5-2-12-6-8-21-9-7-12;/h3-4,10,12,21H,2,5-9,11H2,1H3,(H,22,23);1H. The van der Waals surface area contributed by atoms with Gasteiger partial charge >= 0.3 is 6.18 Å². The highest BCUT2D eigenvalue weighted by molar-refractivity contribution is 5.91. The molecule has 1 aromatic rings. The van der Waals surface area contributed by atoms with Gasteiger partial charge in [0.05, 0.1) is 7.11 Å². The monoisotopic (exact) mass is 396 g/mol. The Morgan fingerprint density at radius 1 is 1.27 bits per heavy atom. The molecule has 148 valence electrons. The van der Waals surface area contributed by atoms with Crippen LogP contribution in [0.15, 0.2) is 18.2 Å². The number of rotatable bonds is 7. The van der Waals surface area contributed by atoms with Gasteiger partial charge < -0.3 is 20.1 Å². The predicted molar refractivity (Wildman–Crippen MR) is 95.2 cm³/mol. The van der Waals surface area contributed by atoms with Gasteiger partial charge in [-0.15, -0.1) is 12.4 Å². The van der Waals surface area contributed by atoms with Gasteiger partial charge in [-0.1, -0.05) is 0 Å². The van der Waals surface area contributed by atoms with Crippen molar-refractivity contribution in [2.45, 2.75) is 31.9 Å². The fraction of sp³-hybridized carbons (Fsp3) is 0.588. The minimum atomic E-state index is -4.45. The number of halogens is 4. The summed E-state index contributed by atoms with van der Waals surface area (Å²) in [5, 5.41) is 5.97. The van der Waals surface area contributed by atoms with Crippen molar-refractivity contribution in [2.75, 3.05) is 32.1 Å². The number of anilines is 1. The van der Waals surface area contributed by atoms with Crippen LogP contribution in [-0.4, -0.2) is 38.9 Å². The first-order valence-corrected chi connectivity index (χ1v) is 8.25. The SMILES string of the molecule is COc1ccc(NC(=O)CCC2CCNCC2)cc1OCC(F)(F)F.Cl. The Morgan fingerprint density at radius 2 is 1.96 bits per heavy atom. The number of ether oxygens (including phenoxy) is 2. The highest BCUT2D eigenvalue weighted by atomic mass is 35.5. The number of piperidine rings is 1. The third-order valence-electron chi connectivity index (χ3n) is 4.08. The molecule has 0 atom stereocenters. The summed E-state index contributed by atoms with van der Waals surface area (Å²) >= 11 is 0. The predicted octanol–water partition coefficient (Wildman–Crippen LogP) is 3.78. The quantitative estimate of drug-likeness (QED) is 0.736. The van der Waals surface area contributed by atoms with Crippen molar-refractivity contribution in [2.24, 2.45) is 5.92 Å². The number of hydrogen-bond acceptors (Lipinski definition) is 4. The lowest BCUT2D eigenvalue weighted by molar-refractivity contribution is -0.153. The topological polar surface area (TPSA) is 59.6 Å². The Hall–Kier alpha value is -1.67. The van der Waals surface area contributed by atoms with Gasteiger partial charge in [-0.3, -0.25) is 4.79 Å². The number of alkyl halides is 3. The van der Waals surface area contributed by atoms with Gasteiger partial charge in [0.2, 0.25) is 5.91 Å². The first kappa shape index (κ1) is 22.4. The second-order valence-electron chi connectivity index (χ2n) is 6.05. The van der Waals surface area contributed by atoms with E-state index in [9.17, 15) is 18.0 Å². The van der Waals surface area contributed by atoms with Crippen molar-refractivity contribution in [1.29, 1.82) is 0 Å². The molecule has 26 heavy (non-hydrogen) atoms. The van der Waals surface area contributed by atoms with Crippen molar-refractivity contribution in [3.8, 4) is 11.5 Å². The third-order valence-corrected chi connectivity index (χ3v) is 4.08. The van der Waals surface area contributed by atoms with Crippen molar-refractivity contribution >= 4 is 24.0 Å². The van der Waals surface area contributed by atoms with E-state index in [2.05, 4.69) is 10.6 Å². The number of methoxy groups -OCH3 is 1. The molecule has 2 rings (SSSR count). The average Bonchev–Trinajstić information content (AvgIpc) is 2.58. The van der Waals surface area contributed by atoms with Gasteiger partial charge in [0.25, 0.3) is 0 Å². The van der Waals surface area contributed by atoms with Crippen molar-refractivity contribution in [3.05, 3.63) is 18.2 Å².